The minimum absolute atomic E-state index is 0.407. The number of aliphatic hydroxyl groups excluding tert-OH is 1. The Morgan fingerprint density at radius 3 is 2.90 bits per heavy atom. The normalized spacial score (nSPS) is 12.3. The summed E-state index contributed by atoms with van der Waals surface area (Å²) in [5.41, 5.74) is 1.48. The number of nitrogens with zero attached hydrogens (tertiary/aromatic N) is 3. The first-order valence-corrected chi connectivity index (χ1v) is 7.35. The van der Waals surface area contributed by atoms with Gasteiger partial charge in [-0.3, -0.25) is 0 Å². The number of methoxy groups -OCH3 is 1. The van der Waals surface area contributed by atoms with Crippen molar-refractivity contribution >= 4 is 22.9 Å². The fraction of sp³-hybridized carbons (Fsp3) is 0.143. The maximum absolute atomic E-state index is 10.4. The number of thiazole rings is 1. The van der Waals surface area contributed by atoms with E-state index in [4.69, 9.17) is 16.3 Å². The van der Waals surface area contributed by atoms with Crippen molar-refractivity contribution in [2.24, 2.45) is 0 Å². The molecule has 0 fully saturated rings. The largest absolute Gasteiger partial charge is 0.494 e. The van der Waals surface area contributed by atoms with Gasteiger partial charge in [0.25, 0.3) is 0 Å². The first kappa shape index (κ1) is 14.1. The second-order valence-electron chi connectivity index (χ2n) is 4.30. The van der Waals surface area contributed by atoms with Crippen LogP contribution in [0.1, 0.15) is 16.5 Å². The van der Waals surface area contributed by atoms with Gasteiger partial charge in [-0.05, 0) is 23.8 Å². The molecule has 1 N–H and O–H groups in total. The summed E-state index contributed by atoms with van der Waals surface area (Å²) in [6.45, 7) is 0. The number of aliphatic hydroxyl groups is 1. The third-order valence-electron chi connectivity index (χ3n) is 3.03. The van der Waals surface area contributed by atoms with Gasteiger partial charge < -0.3 is 9.84 Å². The summed E-state index contributed by atoms with van der Waals surface area (Å²) >= 11 is 7.07. The van der Waals surface area contributed by atoms with Crippen LogP contribution >= 0.6 is 22.9 Å². The summed E-state index contributed by atoms with van der Waals surface area (Å²) in [4.78, 5) is 4.64. The predicted molar refractivity (Wildman–Crippen MR) is 81.3 cm³/mol. The summed E-state index contributed by atoms with van der Waals surface area (Å²) in [6, 6.07) is 7.28. The van der Waals surface area contributed by atoms with Crippen molar-refractivity contribution < 1.29 is 9.84 Å². The smallest absolute Gasteiger partial charge is 0.183 e. The van der Waals surface area contributed by atoms with Crippen LogP contribution in [0.25, 0.3) is 5.69 Å². The van der Waals surface area contributed by atoms with E-state index in [1.807, 2.05) is 24.4 Å². The first-order chi connectivity index (χ1) is 10.2. The van der Waals surface area contributed by atoms with Crippen LogP contribution in [0.3, 0.4) is 0 Å². The molecule has 0 bridgehead atoms. The van der Waals surface area contributed by atoms with E-state index in [2.05, 4.69) is 10.1 Å². The average molecular weight is 322 g/mol. The molecule has 7 heteroatoms. The zero-order chi connectivity index (χ0) is 14.8. The number of rotatable bonds is 4. The van der Waals surface area contributed by atoms with Gasteiger partial charge in [0.1, 0.15) is 17.5 Å². The number of halogens is 1. The van der Waals surface area contributed by atoms with E-state index >= 15 is 0 Å². The van der Waals surface area contributed by atoms with Gasteiger partial charge in [-0.25, -0.2) is 9.67 Å². The molecule has 5 nitrogen and oxygen atoms in total. The minimum Gasteiger partial charge on any atom is -0.494 e. The summed E-state index contributed by atoms with van der Waals surface area (Å²) in [7, 11) is 1.60. The minimum atomic E-state index is -0.782. The van der Waals surface area contributed by atoms with E-state index < -0.39 is 6.10 Å². The Kier molecular flexibility index (Phi) is 3.92. The molecule has 1 unspecified atom stereocenters. The SMILES string of the molecule is COc1ccc(C(O)c2cnc(Cl)s2)cc1-n1cccn1. The fourth-order valence-electron chi connectivity index (χ4n) is 2.02. The summed E-state index contributed by atoms with van der Waals surface area (Å²) < 4.78 is 7.44. The Hall–Kier alpha value is -1.89. The number of aromatic nitrogens is 3. The van der Waals surface area contributed by atoms with Crippen molar-refractivity contribution in [2.45, 2.75) is 6.10 Å². The molecule has 0 aliphatic rings. The molecule has 0 aliphatic heterocycles. The molecular weight excluding hydrogens is 310 g/mol. The molecule has 0 saturated carbocycles. The van der Waals surface area contributed by atoms with Crippen molar-refractivity contribution in [2.75, 3.05) is 7.11 Å². The maximum Gasteiger partial charge on any atom is 0.183 e. The maximum atomic E-state index is 10.4. The van der Waals surface area contributed by atoms with E-state index in [0.717, 1.165) is 11.3 Å². The lowest BCUT2D eigenvalue weighted by Crippen LogP contribution is -2.03. The van der Waals surface area contributed by atoms with Gasteiger partial charge in [-0.15, -0.1) is 11.3 Å². The van der Waals surface area contributed by atoms with Gasteiger partial charge in [0.05, 0.1) is 12.0 Å². The molecule has 21 heavy (non-hydrogen) atoms. The molecule has 3 rings (SSSR count). The van der Waals surface area contributed by atoms with Crippen LogP contribution < -0.4 is 4.74 Å². The highest BCUT2D eigenvalue weighted by molar-refractivity contribution is 7.15. The molecule has 2 aromatic heterocycles. The van der Waals surface area contributed by atoms with Gasteiger partial charge in [-0.2, -0.15) is 5.10 Å². The molecule has 1 aromatic carbocycles. The van der Waals surface area contributed by atoms with Crippen LogP contribution in [0, 0.1) is 0 Å². The number of hydrogen-bond acceptors (Lipinski definition) is 5. The van der Waals surface area contributed by atoms with Crippen molar-refractivity contribution in [1.29, 1.82) is 0 Å². The van der Waals surface area contributed by atoms with Crippen LogP contribution in [-0.2, 0) is 0 Å². The van der Waals surface area contributed by atoms with Crippen molar-refractivity contribution in [3.63, 3.8) is 0 Å². The standard InChI is InChI=1S/C14H12ClN3O2S/c1-20-11-4-3-9(7-10(11)18-6-2-5-17-18)13(19)12-8-16-14(15)21-12/h2-8,13,19H,1H3. The van der Waals surface area contributed by atoms with Gasteiger partial charge >= 0.3 is 0 Å². The summed E-state index contributed by atoms with van der Waals surface area (Å²) in [5, 5.41) is 14.6. The predicted octanol–water partition coefficient (Wildman–Crippen LogP) is 3.07. The Bertz CT molecular complexity index is 743. The van der Waals surface area contributed by atoms with Crippen LogP contribution in [0.4, 0.5) is 0 Å². The van der Waals surface area contributed by atoms with Crippen LogP contribution in [-0.4, -0.2) is 27.0 Å². The molecular formula is C14H12ClN3O2S. The molecule has 0 radical (unpaired) electrons. The topological polar surface area (TPSA) is 60.2 Å². The summed E-state index contributed by atoms with van der Waals surface area (Å²) in [5.74, 6) is 0.678. The third kappa shape index (κ3) is 2.78. The highest BCUT2D eigenvalue weighted by Gasteiger charge is 2.16. The monoisotopic (exact) mass is 321 g/mol. The van der Waals surface area contributed by atoms with E-state index in [1.165, 1.54) is 11.3 Å². The molecule has 0 aliphatic carbocycles. The highest BCUT2D eigenvalue weighted by Crippen LogP contribution is 2.32. The first-order valence-electron chi connectivity index (χ1n) is 6.16. The zero-order valence-corrected chi connectivity index (χ0v) is 12.7. The van der Waals surface area contributed by atoms with Crippen LogP contribution in [0.2, 0.25) is 4.47 Å². The van der Waals surface area contributed by atoms with Crippen molar-refractivity contribution in [3.05, 3.63) is 57.8 Å². The molecule has 108 valence electrons. The lowest BCUT2D eigenvalue weighted by atomic mass is 10.1. The van der Waals surface area contributed by atoms with Crippen LogP contribution in [0.15, 0.2) is 42.9 Å². The Morgan fingerprint density at radius 2 is 2.29 bits per heavy atom. The van der Waals surface area contributed by atoms with E-state index in [9.17, 15) is 5.11 Å². The van der Waals surface area contributed by atoms with Gasteiger partial charge in [0.2, 0.25) is 0 Å². The Labute approximate surface area is 130 Å². The third-order valence-corrected chi connectivity index (χ3v) is 4.20. The van der Waals surface area contributed by atoms with E-state index in [1.54, 1.807) is 30.3 Å². The van der Waals surface area contributed by atoms with Crippen LogP contribution in [0.5, 0.6) is 5.75 Å². The quantitative estimate of drug-likeness (QED) is 0.802. The lowest BCUT2D eigenvalue weighted by molar-refractivity contribution is 0.223. The second kappa shape index (κ2) is 5.85. The number of benzene rings is 1. The Balaban J connectivity index is 2.02. The van der Waals surface area contributed by atoms with Gasteiger partial charge in [-0.1, -0.05) is 17.7 Å². The average Bonchev–Trinajstić information content (AvgIpc) is 3.17. The second-order valence-corrected chi connectivity index (χ2v) is 5.94. The lowest BCUT2D eigenvalue weighted by Gasteiger charge is -2.13. The molecule has 0 amide bonds. The molecule has 2 heterocycles. The highest BCUT2D eigenvalue weighted by atomic mass is 35.5. The fourth-order valence-corrected chi connectivity index (χ4v) is 2.99. The molecule has 0 saturated heterocycles. The van der Waals surface area contributed by atoms with Gasteiger partial charge in [0.15, 0.2) is 4.47 Å². The molecule has 0 spiro atoms. The Morgan fingerprint density at radius 1 is 1.43 bits per heavy atom. The zero-order valence-electron chi connectivity index (χ0n) is 11.1. The van der Waals surface area contributed by atoms with Gasteiger partial charge in [0, 0.05) is 18.6 Å². The number of ether oxygens (including phenoxy) is 1. The number of hydrogen-bond donors (Lipinski definition) is 1. The molecule has 1 atom stereocenters. The summed E-state index contributed by atoms with van der Waals surface area (Å²) in [6.07, 6.45) is 4.30. The van der Waals surface area contributed by atoms with Crippen molar-refractivity contribution in [1.82, 2.24) is 14.8 Å². The molecule has 3 aromatic rings. The van der Waals surface area contributed by atoms with E-state index in [0.29, 0.717) is 15.1 Å². The van der Waals surface area contributed by atoms with E-state index in [-0.39, 0.29) is 0 Å². The van der Waals surface area contributed by atoms with Crippen molar-refractivity contribution in [3.8, 4) is 11.4 Å².